The van der Waals surface area contributed by atoms with Gasteiger partial charge in [-0.3, -0.25) is 5.73 Å². The topological polar surface area (TPSA) is 98.6 Å². The van der Waals surface area contributed by atoms with Gasteiger partial charge in [0.25, 0.3) is 0 Å². The predicted octanol–water partition coefficient (Wildman–Crippen LogP) is -1.93. The lowest BCUT2D eigenvalue weighted by atomic mass is 10.3. The molecule has 0 rings (SSSR count). The van der Waals surface area contributed by atoms with Crippen molar-refractivity contribution in [2.24, 2.45) is 11.6 Å². The molecule has 0 aliphatic rings. The molecule has 0 aromatic rings. The molecule has 0 spiro atoms. The minimum atomic E-state index is -1.98. The van der Waals surface area contributed by atoms with Crippen LogP contribution in [0.3, 0.4) is 0 Å². The summed E-state index contributed by atoms with van der Waals surface area (Å²) in [4.78, 5) is 13.7. The number of hydrogen-bond acceptors (Lipinski definition) is 5. The first-order chi connectivity index (χ1) is 3.48. The van der Waals surface area contributed by atoms with E-state index in [9.17, 15) is 4.79 Å². The van der Waals surface area contributed by atoms with E-state index < -0.39 is 11.7 Å². The van der Waals surface area contributed by atoms with Crippen molar-refractivity contribution in [1.82, 2.24) is 0 Å². The van der Waals surface area contributed by atoms with Gasteiger partial charge in [-0.05, 0) is 6.92 Å². The number of aliphatic hydroxyl groups is 1. The monoisotopic (exact) mass is 120 g/mol. The lowest BCUT2D eigenvalue weighted by molar-refractivity contribution is -0.163. The van der Waals surface area contributed by atoms with Gasteiger partial charge in [0.15, 0.2) is 0 Å². The van der Waals surface area contributed by atoms with Gasteiger partial charge in [0, 0.05) is 0 Å². The van der Waals surface area contributed by atoms with Crippen molar-refractivity contribution in [3.8, 4) is 0 Å². The first-order valence-corrected chi connectivity index (χ1v) is 1.91. The molecular formula is C3H8N2O3. The largest absolute Gasteiger partial charge is 0.371 e. The fourth-order valence-corrected chi connectivity index (χ4v) is 0.119. The zero-order chi connectivity index (χ0) is 6.78. The Kier molecular flexibility index (Phi) is 1.91. The Hall–Kier alpha value is -0.650. The maximum absolute atomic E-state index is 10.1. The number of nitrogens with two attached hydrogens (primary N) is 2. The van der Waals surface area contributed by atoms with Crippen LogP contribution in [-0.2, 0) is 9.63 Å². The Bertz CT molecular complexity index is 95.2. The third-order valence-corrected chi connectivity index (χ3v) is 0.520. The van der Waals surface area contributed by atoms with E-state index in [-0.39, 0.29) is 0 Å². The van der Waals surface area contributed by atoms with Gasteiger partial charge in [-0.15, -0.1) is 0 Å². The average molecular weight is 120 g/mol. The van der Waals surface area contributed by atoms with E-state index in [1.807, 2.05) is 0 Å². The summed E-state index contributed by atoms with van der Waals surface area (Å²) in [5.41, 5.74) is 2.81. The van der Waals surface area contributed by atoms with Gasteiger partial charge in [-0.1, -0.05) is 0 Å². The summed E-state index contributed by atoms with van der Waals surface area (Å²) in [5, 5.41) is 8.51. The Morgan fingerprint density at radius 2 is 2.25 bits per heavy atom. The quantitative estimate of drug-likeness (QED) is 0.276. The summed E-state index contributed by atoms with van der Waals surface area (Å²) < 4.78 is 0. The number of carbonyl (C=O) groups excluding carboxylic acids is 1. The molecule has 48 valence electrons. The van der Waals surface area contributed by atoms with Crippen LogP contribution in [0.2, 0.25) is 0 Å². The number of carbonyl (C=O) groups is 1. The zero-order valence-corrected chi connectivity index (χ0v) is 4.42. The molecule has 0 saturated carbocycles. The molecule has 0 fully saturated rings. The fraction of sp³-hybridized carbons (Fsp3) is 0.667. The molecular weight excluding hydrogens is 112 g/mol. The minimum absolute atomic E-state index is 1.06. The van der Waals surface area contributed by atoms with Crippen molar-refractivity contribution in [2.75, 3.05) is 0 Å². The Morgan fingerprint density at radius 3 is 2.25 bits per heavy atom. The van der Waals surface area contributed by atoms with Crippen LogP contribution >= 0.6 is 0 Å². The van der Waals surface area contributed by atoms with Gasteiger partial charge in [0.2, 0.25) is 5.72 Å². The summed E-state index contributed by atoms with van der Waals surface area (Å²) in [6.07, 6.45) is 0. The van der Waals surface area contributed by atoms with Crippen molar-refractivity contribution < 1.29 is 14.7 Å². The molecule has 0 aliphatic carbocycles. The summed E-state index contributed by atoms with van der Waals surface area (Å²) in [6, 6.07) is 0. The molecule has 0 aromatic carbocycles. The highest BCUT2D eigenvalue weighted by atomic mass is 16.7. The summed E-state index contributed by atoms with van der Waals surface area (Å²) >= 11 is 0. The number of hydrogen-bond donors (Lipinski definition) is 3. The highest BCUT2D eigenvalue weighted by molar-refractivity contribution is 5.77. The van der Waals surface area contributed by atoms with E-state index in [4.69, 9.17) is 10.8 Å². The van der Waals surface area contributed by atoms with Crippen LogP contribution in [-0.4, -0.2) is 16.8 Å². The normalized spacial score (nSPS) is 17.0. The third kappa shape index (κ3) is 1.87. The van der Waals surface area contributed by atoms with E-state index in [1.54, 1.807) is 0 Å². The maximum atomic E-state index is 10.1. The lowest BCUT2D eigenvalue weighted by Crippen LogP contribution is -2.46. The lowest BCUT2D eigenvalue weighted by Gasteiger charge is -2.11. The van der Waals surface area contributed by atoms with Crippen LogP contribution in [0.5, 0.6) is 0 Å². The van der Waals surface area contributed by atoms with Crippen molar-refractivity contribution >= 4 is 5.97 Å². The van der Waals surface area contributed by atoms with E-state index >= 15 is 0 Å². The third-order valence-electron chi connectivity index (χ3n) is 0.520. The van der Waals surface area contributed by atoms with E-state index in [0.29, 0.717) is 0 Å². The minimum Gasteiger partial charge on any atom is -0.370 e. The highest BCUT2D eigenvalue weighted by Gasteiger charge is 2.25. The molecule has 0 aliphatic heterocycles. The maximum Gasteiger partial charge on any atom is 0.371 e. The van der Waals surface area contributed by atoms with Gasteiger partial charge in [-0.25, -0.2) is 4.79 Å². The molecule has 0 radical (unpaired) electrons. The van der Waals surface area contributed by atoms with Crippen molar-refractivity contribution in [3.05, 3.63) is 0 Å². The molecule has 8 heavy (non-hydrogen) atoms. The van der Waals surface area contributed by atoms with Crippen molar-refractivity contribution in [3.63, 3.8) is 0 Å². The van der Waals surface area contributed by atoms with Gasteiger partial charge in [-0.2, -0.15) is 5.90 Å². The van der Waals surface area contributed by atoms with Crippen LogP contribution in [0.1, 0.15) is 6.92 Å². The van der Waals surface area contributed by atoms with Crippen LogP contribution in [0.25, 0.3) is 0 Å². The van der Waals surface area contributed by atoms with E-state index in [2.05, 4.69) is 10.7 Å². The molecule has 5 N–H and O–H groups in total. The molecule has 0 heterocycles. The Balaban J connectivity index is 3.82. The van der Waals surface area contributed by atoms with Gasteiger partial charge in [0.05, 0.1) is 0 Å². The second-order valence-corrected chi connectivity index (χ2v) is 1.55. The van der Waals surface area contributed by atoms with Gasteiger partial charge in [0.1, 0.15) is 0 Å². The van der Waals surface area contributed by atoms with Gasteiger partial charge >= 0.3 is 5.97 Å². The predicted molar refractivity (Wildman–Crippen MR) is 25.1 cm³/mol. The summed E-state index contributed by atoms with van der Waals surface area (Å²) in [6.45, 7) is 1.07. The number of rotatable bonds is 1. The Morgan fingerprint density at radius 1 is 1.88 bits per heavy atom. The fourth-order valence-electron chi connectivity index (χ4n) is 0.119. The van der Waals surface area contributed by atoms with Crippen molar-refractivity contribution in [2.45, 2.75) is 12.6 Å². The highest BCUT2D eigenvalue weighted by Crippen LogP contribution is 1.91. The molecule has 0 bridgehead atoms. The molecule has 5 heteroatoms. The molecule has 1 atom stereocenters. The van der Waals surface area contributed by atoms with Crippen LogP contribution in [0.4, 0.5) is 0 Å². The summed E-state index contributed by atoms with van der Waals surface area (Å²) in [7, 11) is 0. The molecule has 0 saturated heterocycles. The first kappa shape index (κ1) is 7.35. The smallest absolute Gasteiger partial charge is 0.370 e. The standard InChI is InChI=1S/C3H8N2O3/c1-3(4,7)2(6)8-5/h7H,4-5H2,1H3. The van der Waals surface area contributed by atoms with Crippen LogP contribution in [0, 0.1) is 0 Å². The second kappa shape index (κ2) is 2.08. The second-order valence-electron chi connectivity index (χ2n) is 1.55. The van der Waals surface area contributed by atoms with Gasteiger partial charge < -0.3 is 9.94 Å². The van der Waals surface area contributed by atoms with E-state index in [1.165, 1.54) is 0 Å². The SMILES string of the molecule is CC(N)(O)C(=O)ON. The summed E-state index contributed by atoms with van der Waals surface area (Å²) in [5.74, 6) is 3.31. The van der Waals surface area contributed by atoms with Crippen molar-refractivity contribution in [1.29, 1.82) is 0 Å². The first-order valence-electron chi connectivity index (χ1n) is 1.91. The molecule has 5 nitrogen and oxygen atoms in total. The Labute approximate surface area is 46.2 Å². The van der Waals surface area contributed by atoms with Crippen LogP contribution < -0.4 is 11.6 Å². The molecule has 0 aromatic heterocycles. The average Bonchev–Trinajstić information content (AvgIpc) is 1.62. The molecule has 0 amide bonds. The van der Waals surface area contributed by atoms with E-state index in [0.717, 1.165) is 6.92 Å². The molecule has 1 unspecified atom stereocenters. The zero-order valence-electron chi connectivity index (χ0n) is 4.42. The van der Waals surface area contributed by atoms with Crippen LogP contribution in [0.15, 0.2) is 0 Å².